The molecule has 1 amide bonds. The molecule has 0 saturated carbocycles. The highest BCUT2D eigenvalue weighted by molar-refractivity contribution is 7.89. The standard InChI is InChI=1S/C18H21N3O3S/c1-21(2)25(23,24)16-9-5-8-15(11-16)20-18(22)17-10-13-6-3-4-7-14(13)12-19-17/h3-9,11,17,19H,10,12H2,1-2H3,(H,20,22). The molecule has 2 aromatic carbocycles. The summed E-state index contributed by atoms with van der Waals surface area (Å²) in [6.07, 6.45) is 0.609. The number of hydrogen-bond acceptors (Lipinski definition) is 4. The summed E-state index contributed by atoms with van der Waals surface area (Å²) in [7, 11) is -0.581. The summed E-state index contributed by atoms with van der Waals surface area (Å²) in [5.74, 6) is -0.172. The van der Waals surface area contributed by atoms with Crippen molar-refractivity contribution in [2.45, 2.75) is 23.9 Å². The Balaban J connectivity index is 1.74. The van der Waals surface area contributed by atoms with Gasteiger partial charge in [0, 0.05) is 26.3 Å². The molecule has 0 fully saturated rings. The average Bonchev–Trinajstić information content (AvgIpc) is 2.61. The third-order valence-electron chi connectivity index (χ3n) is 4.28. The molecule has 6 nitrogen and oxygen atoms in total. The Morgan fingerprint density at radius 2 is 1.84 bits per heavy atom. The first-order chi connectivity index (χ1) is 11.9. The predicted octanol–water partition coefficient (Wildman–Crippen LogP) is 1.59. The smallest absolute Gasteiger partial charge is 0.242 e. The van der Waals surface area contributed by atoms with Crippen LogP contribution in [0.25, 0.3) is 0 Å². The van der Waals surface area contributed by atoms with Crippen LogP contribution in [0.3, 0.4) is 0 Å². The van der Waals surface area contributed by atoms with Crippen LogP contribution in [0.5, 0.6) is 0 Å². The molecule has 1 aliphatic heterocycles. The molecule has 0 spiro atoms. The molecule has 3 rings (SSSR count). The van der Waals surface area contributed by atoms with Crippen molar-refractivity contribution >= 4 is 21.6 Å². The van der Waals surface area contributed by atoms with Gasteiger partial charge in [0.05, 0.1) is 10.9 Å². The van der Waals surface area contributed by atoms with Crippen LogP contribution in [0.4, 0.5) is 5.69 Å². The summed E-state index contributed by atoms with van der Waals surface area (Å²) in [5.41, 5.74) is 2.82. The second-order valence-corrected chi connectivity index (χ2v) is 8.36. The summed E-state index contributed by atoms with van der Waals surface area (Å²) >= 11 is 0. The minimum absolute atomic E-state index is 0.150. The average molecular weight is 359 g/mol. The van der Waals surface area contributed by atoms with Gasteiger partial charge < -0.3 is 10.6 Å². The number of benzene rings is 2. The van der Waals surface area contributed by atoms with Gasteiger partial charge in [-0.1, -0.05) is 30.3 Å². The van der Waals surface area contributed by atoms with E-state index in [1.807, 2.05) is 24.3 Å². The second kappa shape index (κ2) is 6.95. The molecule has 0 aromatic heterocycles. The number of nitrogens with one attached hydrogen (secondary N) is 2. The van der Waals surface area contributed by atoms with Crippen molar-refractivity contribution in [3.05, 3.63) is 59.7 Å². The van der Waals surface area contributed by atoms with Gasteiger partial charge in [-0.05, 0) is 35.7 Å². The fourth-order valence-electron chi connectivity index (χ4n) is 2.81. The van der Waals surface area contributed by atoms with E-state index in [1.165, 1.54) is 31.8 Å². The van der Waals surface area contributed by atoms with Crippen LogP contribution in [0.1, 0.15) is 11.1 Å². The molecule has 132 valence electrons. The first kappa shape index (κ1) is 17.6. The topological polar surface area (TPSA) is 78.5 Å². The van der Waals surface area contributed by atoms with E-state index in [0.29, 0.717) is 18.7 Å². The molecular formula is C18H21N3O3S. The molecule has 2 N–H and O–H groups in total. The first-order valence-corrected chi connectivity index (χ1v) is 9.45. The minimum Gasteiger partial charge on any atom is -0.325 e. The van der Waals surface area contributed by atoms with Crippen LogP contribution in [0.2, 0.25) is 0 Å². The molecule has 1 atom stereocenters. The van der Waals surface area contributed by atoms with E-state index in [1.54, 1.807) is 12.1 Å². The molecule has 0 saturated heterocycles. The van der Waals surface area contributed by atoms with E-state index < -0.39 is 10.0 Å². The third-order valence-corrected chi connectivity index (χ3v) is 6.09. The molecule has 1 aliphatic rings. The van der Waals surface area contributed by atoms with Crippen LogP contribution in [0.15, 0.2) is 53.4 Å². The van der Waals surface area contributed by atoms with Gasteiger partial charge in [-0.3, -0.25) is 4.79 Å². The van der Waals surface area contributed by atoms with Crippen LogP contribution >= 0.6 is 0 Å². The van der Waals surface area contributed by atoms with E-state index >= 15 is 0 Å². The zero-order valence-electron chi connectivity index (χ0n) is 14.2. The predicted molar refractivity (Wildman–Crippen MR) is 96.7 cm³/mol. The number of rotatable bonds is 4. The number of amides is 1. The van der Waals surface area contributed by atoms with Crippen molar-refractivity contribution < 1.29 is 13.2 Å². The van der Waals surface area contributed by atoms with Gasteiger partial charge in [0.25, 0.3) is 0 Å². The summed E-state index contributed by atoms with van der Waals surface area (Å²) in [6, 6.07) is 14.0. The maximum absolute atomic E-state index is 12.5. The number of carbonyl (C=O) groups is 1. The third kappa shape index (κ3) is 3.73. The Morgan fingerprint density at radius 3 is 2.56 bits per heavy atom. The molecular weight excluding hydrogens is 338 g/mol. The van der Waals surface area contributed by atoms with Crippen molar-refractivity contribution in [2.75, 3.05) is 19.4 Å². The number of fused-ring (bicyclic) bond motifs is 1. The maximum atomic E-state index is 12.5. The normalized spacial score (nSPS) is 17.2. The van der Waals surface area contributed by atoms with E-state index in [9.17, 15) is 13.2 Å². The summed E-state index contributed by atoms with van der Waals surface area (Å²) in [4.78, 5) is 12.7. The summed E-state index contributed by atoms with van der Waals surface area (Å²) in [6.45, 7) is 0.642. The monoisotopic (exact) mass is 359 g/mol. The van der Waals surface area contributed by atoms with E-state index in [2.05, 4.69) is 10.6 Å². The quantitative estimate of drug-likeness (QED) is 0.869. The van der Waals surface area contributed by atoms with Gasteiger partial charge in [-0.2, -0.15) is 0 Å². The van der Waals surface area contributed by atoms with E-state index in [-0.39, 0.29) is 16.8 Å². The number of carbonyl (C=O) groups excluding carboxylic acids is 1. The first-order valence-electron chi connectivity index (χ1n) is 8.01. The minimum atomic E-state index is -3.53. The van der Waals surface area contributed by atoms with Crippen molar-refractivity contribution in [3.63, 3.8) is 0 Å². The molecule has 25 heavy (non-hydrogen) atoms. The number of nitrogens with zero attached hydrogens (tertiary/aromatic N) is 1. The van der Waals surface area contributed by atoms with Crippen LogP contribution in [-0.4, -0.2) is 38.8 Å². The maximum Gasteiger partial charge on any atom is 0.242 e. The van der Waals surface area contributed by atoms with Crippen molar-refractivity contribution in [1.29, 1.82) is 0 Å². The van der Waals surface area contributed by atoms with Gasteiger partial charge >= 0.3 is 0 Å². The van der Waals surface area contributed by atoms with Gasteiger partial charge in [0.1, 0.15) is 0 Å². The molecule has 0 bridgehead atoms. The highest BCUT2D eigenvalue weighted by Crippen LogP contribution is 2.20. The van der Waals surface area contributed by atoms with Crippen molar-refractivity contribution in [2.24, 2.45) is 0 Å². The highest BCUT2D eigenvalue weighted by Gasteiger charge is 2.24. The summed E-state index contributed by atoms with van der Waals surface area (Å²) < 4.78 is 25.6. The fraction of sp³-hybridized carbons (Fsp3) is 0.278. The van der Waals surface area contributed by atoms with Crippen LogP contribution in [-0.2, 0) is 27.8 Å². The van der Waals surface area contributed by atoms with Crippen LogP contribution < -0.4 is 10.6 Å². The number of sulfonamides is 1. The fourth-order valence-corrected chi connectivity index (χ4v) is 3.76. The van der Waals surface area contributed by atoms with E-state index in [0.717, 1.165) is 9.87 Å². The Kier molecular flexibility index (Phi) is 4.89. The molecule has 1 unspecified atom stereocenters. The SMILES string of the molecule is CN(C)S(=O)(=O)c1cccc(NC(=O)C2Cc3ccccc3CN2)c1. The van der Waals surface area contributed by atoms with Crippen LogP contribution in [0, 0.1) is 0 Å². The largest absolute Gasteiger partial charge is 0.325 e. The zero-order valence-corrected chi connectivity index (χ0v) is 15.0. The lowest BCUT2D eigenvalue weighted by atomic mass is 9.95. The summed E-state index contributed by atoms with van der Waals surface area (Å²) in [5, 5.41) is 6.03. The van der Waals surface area contributed by atoms with Gasteiger partial charge in [0.15, 0.2) is 0 Å². The Hall–Kier alpha value is -2.22. The Morgan fingerprint density at radius 1 is 1.12 bits per heavy atom. The van der Waals surface area contributed by atoms with Gasteiger partial charge in [0.2, 0.25) is 15.9 Å². The van der Waals surface area contributed by atoms with Crippen molar-refractivity contribution in [3.8, 4) is 0 Å². The van der Waals surface area contributed by atoms with Gasteiger partial charge in [-0.15, -0.1) is 0 Å². The van der Waals surface area contributed by atoms with E-state index in [4.69, 9.17) is 0 Å². The Bertz CT molecular complexity index is 894. The van der Waals surface area contributed by atoms with Gasteiger partial charge in [-0.25, -0.2) is 12.7 Å². The highest BCUT2D eigenvalue weighted by atomic mass is 32.2. The lowest BCUT2D eigenvalue weighted by Gasteiger charge is -2.25. The van der Waals surface area contributed by atoms with Crippen molar-refractivity contribution in [1.82, 2.24) is 9.62 Å². The molecule has 2 aromatic rings. The number of anilines is 1. The Labute approximate surface area is 147 Å². The molecule has 0 radical (unpaired) electrons. The second-order valence-electron chi connectivity index (χ2n) is 6.21. The molecule has 7 heteroatoms. The zero-order chi connectivity index (χ0) is 18.0. The lowest BCUT2D eigenvalue weighted by Crippen LogP contribution is -2.44. The molecule has 0 aliphatic carbocycles. The lowest BCUT2D eigenvalue weighted by molar-refractivity contribution is -0.118. The number of hydrogen-bond donors (Lipinski definition) is 2. The molecule has 1 heterocycles.